The van der Waals surface area contributed by atoms with Crippen LogP contribution in [0.25, 0.3) is 0 Å². The molecule has 0 saturated carbocycles. The minimum atomic E-state index is 0.229. The van der Waals surface area contributed by atoms with E-state index in [4.69, 9.17) is 4.84 Å². The zero-order chi connectivity index (χ0) is 8.48. The maximum absolute atomic E-state index is 5.35. The van der Waals surface area contributed by atoms with Crippen molar-refractivity contribution in [3.05, 3.63) is 0 Å². The van der Waals surface area contributed by atoms with Gasteiger partial charge < -0.3 is 4.84 Å². The molecule has 1 aliphatic heterocycles. The molecule has 0 bridgehead atoms. The van der Waals surface area contributed by atoms with Crippen LogP contribution < -0.4 is 0 Å². The van der Waals surface area contributed by atoms with Crippen LogP contribution in [0.1, 0.15) is 40.0 Å². The predicted octanol–water partition coefficient (Wildman–Crippen LogP) is 2.20. The van der Waals surface area contributed by atoms with Crippen LogP contribution in [0.2, 0.25) is 0 Å². The van der Waals surface area contributed by atoms with Crippen molar-refractivity contribution < 1.29 is 4.84 Å². The van der Waals surface area contributed by atoms with Gasteiger partial charge in [-0.15, -0.1) is 0 Å². The molecular weight excluding hydrogens is 138 g/mol. The fourth-order valence-corrected chi connectivity index (χ4v) is 2.08. The second-order valence-corrected chi connectivity index (χ2v) is 4.06. The van der Waals surface area contributed by atoms with Crippen LogP contribution in [0.5, 0.6) is 0 Å². The smallest absolute Gasteiger partial charge is 0.0575 e. The van der Waals surface area contributed by atoms with Gasteiger partial charge in [-0.05, 0) is 40.0 Å². The standard InChI is InChI=1S/C9H19NO/c1-8-6-5-7-9(2,3)10(8)11-4/h8H,5-7H2,1-4H3. The molecule has 1 rings (SSSR count). The molecule has 1 aliphatic rings. The number of hydrogen-bond acceptors (Lipinski definition) is 2. The van der Waals surface area contributed by atoms with Crippen LogP contribution >= 0.6 is 0 Å². The minimum Gasteiger partial charge on any atom is -0.302 e. The van der Waals surface area contributed by atoms with Gasteiger partial charge in [-0.1, -0.05) is 0 Å². The lowest BCUT2D eigenvalue weighted by molar-refractivity contribution is -0.231. The fourth-order valence-electron chi connectivity index (χ4n) is 2.08. The van der Waals surface area contributed by atoms with Crippen molar-refractivity contribution in [3.8, 4) is 0 Å². The van der Waals surface area contributed by atoms with E-state index >= 15 is 0 Å². The molecule has 1 unspecified atom stereocenters. The summed E-state index contributed by atoms with van der Waals surface area (Å²) in [7, 11) is 1.77. The Labute approximate surface area is 69.5 Å². The van der Waals surface area contributed by atoms with E-state index < -0.39 is 0 Å². The summed E-state index contributed by atoms with van der Waals surface area (Å²) in [5.41, 5.74) is 0.229. The van der Waals surface area contributed by atoms with Crippen LogP contribution in [-0.4, -0.2) is 23.8 Å². The van der Waals surface area contributed by atoms with Gasteiger partial charge in [-0.25, -0.2) is 0 Å². The third-order valence-corrected chi connectivity index (χ3v) is 2.60. The minimum absolute atomic E-state index is 0.229. The second-order valence-electron chi connectivity index (χ2n) is 4.06. The number of rotatable bonds is 1. The lowest BCUT2D eigenvalue weighted by Crippen LogP contribution is -2.51. The topological polar surface area (TPSA) is 12.5 Å². The molecule has 2 nitrogen and oxygen atoms in total. The Morgan fingerprint density at radius 3 is 2.45 bits per heavy atom. The Kier molecular flexibility index (Phi) is 2.55. The van der Waals surface area contributed by atoms with Crippen LogP contribution in [0.3, 0.4) is 0 Å². The summed E-state index contributed by atoms with van der Waals surface area (Å²) in [6.45, 7) is 6.71. The van der Waals surface area contributed by atoms with Crippen LogP contribution in [0.15, 0.2) is 0 Å². The average Bonchev–Trinajstić information content (AvgIpc) is 1.86. The van der Waals surface area contributed by atoms with E-state index in [1.54, 1.807) is 7.11 Å². The van der Waals surface area contributed by atoms with Gasteiger partial charge in [0.05, 0.1) is 7.11 Å². The van der Waals surface area contributed by atoms with E-state index in [-0.39, 0.29) is 5.54 Å². The van der Waals surface area contributed by atoms with Gasteiger partial charge in [-0.2, -0.15) is 5.06 Å². The first-order chi connectivity index (χ1) is 5.08. The summed E-state index contributed by atoms with van der Waals surface area (Å²) in [4.78, 5) is 5.35. The third kappa shape index (κ3) is 1.74. The first-order valence-electron chi connectivity index (χ1n) is 4.41. The van der Waals surface area contributed by atoms with Gasteiger partial charge >= 0.3 is 0 Å². The van der Waals surface area contributed by atoms with Gasteiger partial charge in [0.1, 0.15) is 0 Å². The summed E-state index contributed by atoms with van der Waals surface area (Å²) in [6, 6.07) is 0.573. The SMILES string of the molecule is CON1C(C)CCCC1(C)C. The van der Waals surface area contributed by atoms with Crippen molar-refractivity contribution >= 4 is 0 Å². The largest absolute Gasteiger partial charge is 0.302 e. The lowest BCUT2D eigenvalue weighted by Gasteiger charge is -2.44. The van der Waals surface area contributed by atoms with E-state index in [9.17, 15) is 0 Å². The number of piperidine rings is 1. The van der Waals surface area contributed by atoms with E-state index in [2.05, 4.69) is 25.8 Å². The van der Waals surface area contributed by atoms with E-state index in [1.165, 1.54) is 19.3 Å². The number of hydroxylamine groups is 2. The van der Waals surface area contributed by atoms with Crippen molar-refractivity contribution in [2.24, 2.45) is 0 Å². The molecule has 0 radical (unpaired) electrons. The molecule has 0 N–H and O–H groups in total. The third-order valence-electron chi connectivity index (χ3n) is 2.60. The quantitative estimate of drug-likeness (QED) is 0.578. The van der Waals surface area contributed by atoms with Crippen molar-refractivity contribution in [1.29, 1.82) is 0 Å². The molecule has 1 saturated heterocycles. The Bertz CT molecular complexity index is 134. The Morgan fingerprint density at radius 1 is 1.45 bits per heavy atom. The predicted molar refractivity (Wildman–Crippen MR) is 46.2 cm³/mol. The van der Waals surface area contributed by atoms with E-state index in [1.807, 2.05) is 0 Å². The fraction of sp³-hybridized carbons (Fsp3) is 1.00. The summed E-state index contributed by atoms with van der Waals surface area (Å²) in [6.07, 6.45) is 3.83. The highest BCUT2D eigenvalue weighted by molar-refractivity contribution is 4.84. The molecule has 0 spiro atoms. The lowest BCUT2D eigenvalue weighted by atomic mass is 9.89. The maximum Gasteiger partial charge on any atom is 0.0575 e. The van der Waals surface area contributed by atoms with Crippen molar-refractivity contribution in [2.75, 3.05) is 7.11 Å². The van der Waals surface area contributed by atoms with Crippen molar-refractivity contribution in [1.82, 2.24) is 5.06 Å². The molecule has 1 heterocycles. The highest BCUT2D eigenvalue weighted by atomic mass is 16.7. The second kappa shape index (κ2) is 3.11. The van der Waals surface area contributed by atoms with Crippen LogP contribution in [0.4, 0.5) is 0 Å². The highest BCUT2D eigenvalue weighted by Gasteiger charge is 2.34. The molecule has 66 valence electrons. The summed E-state index contributed by atoms with van der Waals surface area (Å²) in [5.74, 6) is 0. The van der Waals surface area contributed by atoms with Gasteiger partial charge in [-0.3, -0.25) is 0 Å². The van der Waals surface area contributed by atoms with Gasteiger partial charge in [0.25, 0.3) is 0 Å². The molecule has 0 amide bonds. The molecule has 0 aromatic rings. The zero-order valence-electron chi connectivity index (χ0n) is 8.05. The summed E-state index contributed by atoms with van der Waals surface area (Å²) in [5, 5.41) is 2.12. The highest BCUT2D eigenvalue weighted by Crippen LogP contribution is 2.30. The Hall–Kier alpha value is -0.0800. The Balaban J connectivity index is 2.64. The molecule has 1 fully saturated rings. The van der Waals surface area contributed by atoms with Crippen LogP contribution in [-0.2, 0) is 4.84 Å². The molecule has 0 aromatic heterocycles. The van der Waals surface area contributed by atoms with Crippen molar-refractivity contribution in [3.63, 3.8) is 0 Å². The van der Waals surface area contributed by atoms with Gasteiger partial charge in [0, 0.05) is 11.6 Å². The molecule has 1 atom stereocenters. The van der Waals surface area contributed by atoms with E-state index in [0.717, 1.165) is 0 Å². The first-order valence-corrected chi connectivity index (χ1v) is 4.41. The normalized spacial score (nSPS) is 32.2. The summed E-state index contributed by atoms with van der Waals surface area (Å²) < 4.78 is 0. The Morgan fingerprint density at radius 2 is 2.09 bits per heavy atom. The zero-order valence-corrected chi connectivity index (χ0v) is 8.05. The molecular formula is C9H19NO. The number of nitrogens with zero attached hydrogens (tertiary/aromatic N) is 1. The van der Waals surface area contributed by atoms with Crippen LogP contribution in [0, 0.1) is 0 Å². The van der Waals surface area contributed by atoms with Crippen molar-refractivity contribution in [2.45, 2.75) is 51.6 Å². The molecule has 0 aliphatic carbocycles. The summed E-state index contributed by atoms with van der Waals surface area (Å²) >= 11 is 0. The monoisotopic (exact) mass is 157 g/mol. The number of hydrogen-bond donors (Lipinski definition) is 0. The molecule has 0 aromatic carbocycles. The van der Waals surface area contributed by atoms with Gasteiger partial charge in [0.2, 0.25) is 0 Å². The maximum atomic E-state index is 5.35. The average molecular weight is 157 g/mol. The first kappa shape index (κ1) is 9.01. The molecule has 2 heteroatoms. The molecule has 11 heavy (non-hydrogen) atoms. The van der Waals surface area contributed by atoms with E-state index in [0.29, 0.717) is 6.04 Å². The van der Waals surface area contributed by atoms with Gasteiger partial charge in [0.15, 0.2) is 0 Å².